The van der Waals surface area contributed by atoms with E-state index in [4.69, 9.17) is 0 Å². The van der Waals surface area contributed by atoms with E-state index in [2.05, 4.69) is 19.9 Å². The van der Waals surface area contributed by atoms with Gasteiger partial charge in [-0.15, -0.1) is 0 Å². The zero-order chi connectivity index (χ0) is 8.27. The summed E-state index contributed by atoms with van der Waals surface area (Å²) in [5.41, 5.74) is 0.697. The highest BCUT2D eigenvalue weighted by Crippen LogP contribution is 2.10. The van der Waals surface area contributed by atoms with E-state index < -0.39 is 0 Å². The maximum absolute atomic E-state index is 12.9. The summed E-state index contributed by atoms with van der Waals surface area (Å²) in [4.78, 5) is 0. The Balaban J connectivity index is 2.78. The van der Waals surface area contributed by atoms with Crippen molar-refractivity contribution in [1.82, 2.24) is 0 Å². The molecule has 11 heavy (non-hydrogen) atoms. The Morgan fingerprint density at radius 1 is 1.55 bits per heavy atom. The van der Waals surface area contributed by atoms with Gasteiger partial charge in [0.1, 0.15) is 5.82 Å². The minimum Gasteiger partial charge on any atom is -0.207 e. The summed E-state index contributed by atoms with van der Waals surface area (Å²) in [5.74, 6) is 0.351. The van der Waals surface area contributed by atoms with E-state index in [1.54, 1.807) is 12.1 Å². The Morgan fingerprint density at radius 2 is 2.27 bits per heavy atom. The Labute approximate surface area is 67.1 Å². The Hall–Kier alpha value is -0.850. The average Bonchev–Trinajstić information content (AvgIpc) is 1.93. The molecule has 1 rings (SSSR count). The summed E-state index contributed by atoms with van der Waals surface area (Å²) in [7, 11) is 0. The van der Waals surface area contributed by atoms with Crippen LogP contribution >= 0.6 is 0 Å². The van der Waals surface area contributed by atoms with Crippen molar-refractivity contribution in [2.45, 2.75) is 20.3 Å². The first-order valence-corrected chi connectivity index (χ1v) is 3.85. The van der Waals surface area contributed by atoms with Gasteiger partial charge < -0.3 is 0 Å². The summed E-state index contributed by atoms with van der Waals surface area (Å²) < 4.78 is 12.9. The van der Waals surface area contributed by atoms with Crippen molar-refractivity contribution >= 4 is 0 Å². The van der Waals surface area contributed by atoms with E-state index in [1.165, 1.54) is 6.07 Å². The van der Waals surface area contributed by atoms with Gasteiger partial charge in [-0.25, -0.2) is 4.39 Å². The Morgan fingerprint density at radius 3 is 2.82 bits per heavy atom. The molecular weight excluding hydrogens is 139 g/mol. The molecule has 1 heteroatoms. The molecule has 1 radical (unpaired) electrons. The van der Waals surface area contributed by atoms with Crippen LogP contribution in [0.2, 0.25) is 0 Å². The number of hydrogen-bond donors (Lipinski definition) is 0. The van der Waals surface area contributed by atoms with Gasteiger partial charge in [-0.05, 0) is 30.0 Å². The van der Waals surface area contributed by atoms with E-state index in [9.17, 15) is 4.39 Å². The molecule has 0 atom stereocenters. The zero-order valence-electron chi connectivity index (χ0n) is 6.89. The quantitative estimate of drug-likeness (QED) is 0.609. The predicted molar refractivity (Wildman–Crippen MR) is 43.8 cm³/mol. The van der Waals surface area contributed by atoms with Gasteiger partial charge in [-0.1, -0.05) is 26.0 Å². The molecule has 0 fully saturated rings. The lowest BCUT2D eigenvalue weighted by molar-refractivity contribution is 0.573. The number of hydrogen-bond acceptors (Lipinski definition) is 0. The van der Waals surface area contributed by atoms with Crippen molar-refractivity contribution in [3.8, 4) is 0 Å². The predicted octanol–water partition coefficient (Wildman–Crippen LogP) is 2.82. The summed E-state index contributed by atoms with van der Waals surface area (Å²) >= 11 is 0. The topological polar surface area (TPSA) is 0 Å². The molecule has 0 nitrogen and oxygen atoms in total. The van der Waals surface area contributed by atoms with Crippen LogP contribution in [0, 0.1) is 17.8 Å². The van der Waals surface area contributed by atoms with Crippen molar-refractivity contribution in [2.75, 3.05) is 0 Å². The lowest BCUT2D eigenvalue weighted by Crippen LogP contribution is -1.96. The minimum absolute atomic E-state index is 0.138. The third kappa shape index (κ3) is 2.34. The molecule has 0 saturated heterocycles. The molecule has 0 unspecified atom stereocenters. The number of halogens is 1. The molecule has 1 aromatic rings. The molecule has 1 aromatic carbocycles. The van der Waals surface area contributed by atoms with Crippen molar-refractivity contribution in [3.63, 3.8) is 0 Å². The Bertz CT molecular complexity index is 228. The van der Waals surface area contributed by atoms with Crippen LogP contribution in [-0.2, 0) is 6.42 Å². The van der Waals surface area contributed by atoms with Crippen molar-refractivity contribution in [2.24, 2.45) is 5.92 Å². The van der Waals surface area contributed by atoms with Crippen LogP contribution in [0.1, 0.15) is 19.4 Å². The van der Waals surface area contributed by atoms with Gasteiger partial charge in [0.15, 0.2) is 0 Å². The molecule has 0 aromatic heterocycles. The summed E-state index contributed by atoms with van der Waals surface area (Å²) in [6.07, 6.45) is 0.771. The van der Waals surface area contributed by atoms with Gasteiger partial charge in [0.2, 0.25) is 0 Å². The smallest absolute Gasteiger partial charge is 0.127 e. The van der Waals surface area contributed by atoms with Crippen molar-refractivity contribution in [1.29, 1.82) is 0 Å². The van der Waals surface area contributed by atoms with Gasteiger partial charge in [-0.3, -0.25) is 0 Å². The summed E-state index contributed by atoms with van der Waals surface area (Å²) in [6.45, 7) is 4.14. The van der Waals surface area contributed by atoms with Crippen LogP contribution in [0.25, 0.3) is 0 Å². The van der Waals surface area contributed by atoms with Gasteiger partial charge in [0, 0.05) is 0 Å². The average molecular weight is 151 g/mol. The second-order valence-electron chi connectivity index (χ2n) is 3.09. The summed E-state index contributed by atoms with van der Waals surface area (Å²) in [5, 5.41) is 0. The van der Waals surface area contributed by atoms with E-state index in [0.29, 0.717) is 11.5 Å². The van der Waals surface area contributed by atoms with Gasteiger partial charge in [0.25, 0.3) is 0 Å². The third-order valence-electron chi connectivity index (χ3n) is 1.50. The van der Waals surface area contributed by atoms with Gasteiger partial charge in [-0.2, -0.15) is 0 Å². The molecule has 0 aliphatic carbocycles. The standard InChI is InChI=1S/C10H12F/c1-8(2)7-9-5-3-4-6-10(9)11/h3-4,6,8H,7H2,1-2H3. The van der Waals surface area contributed by atoms with Crippen LogP contribution < -0.4 is 0 Å². The zero-order valence-corrected chi connectivity index (χ0v) is 6.89. The van der Waals surface area contributed by atoms with E-state index >= 15 is 0 Å². The van der Waals surface area contributed by atoms with Gasteiger partial charge in [0.05, 0.1) is 0 Å². The molecule has 59 valence electrons. The molecule has 0 aliphatic heterocycles. The minimum atomic E-state index is -0.138. The highest BCUT2D eigenvalue weighted by Gasteiger charge is 2.02. The van der Waals surface area contributed by atoms with Crippen LogP contribution in [0.15, 0.2) is 18.2 Å². The SMILES string of the molecule is CC(C)Cc1[c]cccc1F. The van der Waals surface area contributed by atoms with E-state index in [1.807, 2.05) is 0 Å². The fourth-order valence-corrected chi connectivity index (χ4v) is 1.02. The lowest BCUT2D eigenvalue weighted by atomic mass is 10.0. The largest absolute Gasteiger partial charge is 0.207 e. The number of rotatable bonds is 2. The third-order valence-corrected chi connectivity index (χ3v) is 1.50. The van der Waals surface area contributed by atoms with Gasteiger partial charge >= 0.3 is 0 Å². The molecule has 0 amide bonds. The first-order valence-electron chi connectivity index (χ1n) is 3.85. The van der Waals surface area contributed by atoms with Crippen molar-refractivity contribution < 1.29 is 4.39 Å². The fraction of sp³-hybridized carbons (Fsp3) is 0.400. The maximum Gasteiger partial charge on any atom is 0.127 e. The lowest BCUT2D eigenvalue weighted by Gasteiger charge is -2.04. The second-order valence-corrected chi connectivity index (χ2v) is 3.09. The van der Waals surface area contributed by atoms with E-state index in [0.717, 1.165) is 6.42 Å². The van der Waals surface area contributed by atoms with Crippen LogP contribution in [0.3, 0.4) is 0 Å². The van der Waals surface area contributed by atoms with Crippen LogP contribution in [0.4, 0.5) is 4.39 Å². The monoisotopic (exact) mass is 151 g/mol. The van der Waals surface area contributed by atoms with E-state index in [-0.39, 0.29) is 5.82 Å². The summed E-state index contributed by atoms with van der Waals surface area (Å²) in [6, 6.07) is 7.79. The second kappa shape index (κ2) is 3.51. The molecule has 0 spiro atoms. The molecule has 0 heterocycles. The molecule has 0 aliphatic rings. The van der Waals surface area contributed by atoms with Crippen LogP contribution in [-0.4, -0.2) is 0 Å². The maximum atomic E-state index is 12.9. The first kappa shape index (κ1) is 8.25. The fourth-order valence-electron chi connectivity index (χ4n) is 1.02. The normalized spacial score (nSPS) is 10.5. The molecule has 0 bridgehead atoms. The Kier molecular flexibility index (Phi) is 2.64. The highest BCUT2D eigenvalue weighted by molar-refractivity contribution is 5.15. The number of benzene rings is 1. The highest BCUT2D eigenvalue weighted by atomic mass is 19.1. The van der Waals surface area contributed by atoms with Crippen LogP contribution in [0.5, 0.6) is 0 Å². The molecule has 0 saturated carbocycles. The first-order chi connectivity index (χ1) is 5.20. The molecule has 0 N–H and O–H groups in total. The molecular formula is C10H12F. The van der Waals surface area contributed by atoms with Crippen molar-refractivity contribution in [3.05, 3.63) is 35.6 Å².